The van der Waals surface area contributed by atoms with Crippen molar-refractivity contribution in [2.24, 2.45) is 0 Å². The lowest BCUT2D eigenvalue weighted by Gasteiger charge is -2.23. The monoisotopic (exact) mass is 357 g/mol. The normalized spacial score (nSPS) is 10.2. The van der Waals surface area contributed by atoms with E-state index in [4.69, 9.17) is 14.2 Å². The van der Waals surface area contributed by atoms with Gasteiger partial charge in [0.15, 0.2) is 0 Å². The molecule has 0 aliphatic heterocycles. The van der Waals surface area contributed by atoms with Crippen LogP contribution in [0.5, 0.6) is 11.5 Å². The molecule has 0 atom stereocenters. The molecule has 0 N–H and O–H groups in total. The summed E-state index contributed by atoms with van der Waals surface area (Å²) in [5, 5.41) is 0. The van der Waals surface area contributed by atoms with Crippen LogP contribution in [0.3, 0.4) is 0 Å². The van der Waals surface area contributed by atoms with Gasteiger partial charge in [-0.1, -0.05) is 18.2 Å². The summed E-state index contributed by atoms with van der Waals surface area (Å²) >= 11 is 0. The van der Waals surface area contributed by atoms with Gasteiger partial charge >= 0.3 is 5.97 Å². The molecule has 2 rings (SSSR count). The maximum Gasteiger partial charge on any atom is 0.325 e. The van der Waals surface area contributed by atoms with Crippen LogP contribution in [-0.4, -0.2) is 44.7 Å². The molecule has 6 nitrogen and oxygen atoms in total. The Morgan fingerprint density at radius 3 is 2.12 bits per heavy atom. The van der Waals surface area contributed by atoms with Crippen LogP contribution in [-0.2, 0) is 16.1 Å². The Kier molecular flexibility index (Phi) is 6.60. The topological polar surface area (TPSA) is 65.1 Å². The zero-order valence-electron chi connectivity index (χ0n) is 15.4. The molecule has 0 fully saturated rings. The summed E-state index contributed by atoms with van der Waals surface area (Å²) < 4.78 is 15.3. The predicted octanol–water partition coefficient (Wildman–Crippen LogP) is 2.83. The van der Waals surface area contributed by atoms with E-state index in [1.54, 1.807) is 44.6 Å². The molecule has 2 aromatic rings. The average molecular weight is 357 g/mol. The second-order valence-corrected chi connectivity index (χ2v) is 5.77. The lowest BCUT2D eigenvalue weighted by Crippen LogP contribution is -2.36. The number of hydrogen-bond acceptors (Lipinski definition) is 5. The molecule has 26 heavy (non-hydrogen) atoms. The van der Waals surface area contributed by atoms with Crippen LogP contribution in [0, 0.1) is 6.92 Å². The third-order valence-electron chi connectivity index (χ3n) is 3.99. The summed E-state index contributed by atoms with van der Waals surface area (Å²) in [6.45, 7) is 1.93. The lowest BCUT2D eigenvalue weighted by atomic mass is 10.1. The van der Waals surface area contributed by atoms with E-state index in [9.17, 15) is 9.59 Å². The van der Waals surface area contributed by atoms with Gasteiger partial charge in [-0.05, 0) is 36.2 Å². The number of carbonyl (C=O) groups excluding carboxylic acids is 2. The average Bonchev–Trinajstić information content (AvgIpc) is 2.66. The Morgan fingerprint density at radius 1 is 0.962 bits per heavy atom. The first-order chi connectivity index (χ1) is 12.5. The van der Waals surface area contributed by atoms with E-state index in [0.717, 1.165) is 11.1 Å². The number of esters is 1. The van der Waals surface area contributed by atoms with Crippen LogP contribution in [0.15, 0.2) is 42.5 Å². The lowest BCUT2D eigenvalue weighted by molar-refractivity contribution is -0.141. The van der Waals surface area contributed by atoms with E-state index in [-0.39, 0.29) is 19.0 Å². The highest BCUT2D eigenvalue weighted by molar-refractivity contribution is 5.97. The second-order valence-electron chi connectivity index (χ2n) is 5.77. The first-order valence-electron chi connectivity index (χ1n) is 8.12. The third-order valence-corrected chi connectivity index (χ3v) is 3.99. The van der Waals surface area contributed by atoms with Gasteiger partial charge in [-0.25, -0.2) is 0 Å². The Hall–Kier alpha value is -3.02. The summed E-state index contributed by atoms with van der Waals surface area (Å²) in [6, 6.07) is 12.6. The van der Waals surface area contributed by atoms with E-state index < -0.39 is 5.97 Å². The van der Waals surface area contributed by atoms with Crippen LogP contribution in [0.2, 0.25) is 0 Å². The molecule has 0 aliphatic rings. The molecule has 0 bridgehead atoms. The van der Waals surface area contributed by atoms with E-state index in [0.29, 0.717) is 17.1 Å². The van der Waals surface area contributed by atoms with Crippen molar-refractivity contribution >= 4 is 11.9 Å². The van der Waals surface area contributed by atoms with Gasteiger partial charge in [-0.15, -0.1) is 0 Å². The minimum absolute atomic E-state index is 0.150. The van der Waals surface area contributed by atoms with Crippen molar-refractivity contribution in [2.75, 3.05) is 27.9 Å². The molecule has 0 aromatic heterocycles. The number of hydrogen-bond donors (Lipinski definition) is 0. The smallest absolute Gasteiger partial charge is 0.325 e. The summed E-state index contributed by atoms with van der Waals surface area (Å²) in [5.41, 5.74) is 2.17. The highest BCUT2D eigenvalue weighted by Crippen LogP contribution is 2.24. The minimum atomic E-state index is -0.484. The van der Waals surface area contributed by atoms with Gasteiger partial charge in [0, 0.05) is 18.2 Å². The number of nitrogens with zero attached hydrogens (tertiary/aromatic N) is 1. The zero-order valence-corrected chi connectivity index (χ0v) is 15.4. The standard InChI is InChI=1S/C20H23NO5/c1-14-7-5-6-8-18(14)20(23)21(13-19(22)26-4)12-15-9-16(24-2)11-17(10-15)25-3/h5-11H,12-13H2,1-4H3. The SMILES string of the molecule is COC(=O)CN(Cc1cc(OC)cc(OC)c1)C(=O)c1ccccc1C. The van der Waals surface area contributed by atoms with Crippen molar-refractivity contribution < 1.29 is 23.8 Å². The van der Waals surface area contributed by atoms with E-state index in [1.165, 1.54) is 12.0 Å². The fraction of sp³-hybridized carbons (Fsp3) is 0.300. The van der Waals surface area contributed by atoms with Crippen molar-refractivity contribution in [3.05, 3.63) is 59.2 Å². The van der Waals surface area contributed by atoms with Gasteiger partial charge in [-0.2, -0.15) is 0 Å². The number of ether oxygens (including phenoxy) is 3. The number of rotatable bonds is 7. The summed E-state index contributed by atoms with van der Waals surface area (Å²) in [7, 11) is 4.42. The Labute approximate surface area is 153 Å². The molecule has 0 spiro atoms. The molecule has 2 aromatic carbocycles. The van der Waals surface area contributed by atoms with Crippen LogP contribution < -0.4 is 9.47 Å². The maximum atomic E-state index is 13.0. The Morgan fingerprint density at radius 2 is 1.58 bits per heavy atom. The fourth-order valence-corrected chi connectivity index (χ4v) is 2.58. The van der Waals surface area contributed by atoms with Crippen LogP contribution in [0.25, 0.3) is 0 Å². The molecule has 0 saturated carbocycles. The van der Waals surface area contributed by atoms with Crippen LogP contribution in [0.1, 0.15) is 21.5 Å². The number of carbonyl (C=O) groups is 2. The Balaban J connectivity index is 2.35. The maximum absolute atomic E-state index is 13.0. The Bertz CT molecular complexity index is 765. The molecule has 0 saturated heterocycles. The summed E-state index contributed by atoms with van der Waals surface area (Å²) in [4.78, 5) is 26.2. The zero-order chi connectivity index (χ0) is 19.1. The van der Waals surface area contributed by atoms with Crippen molar-refractivity contribution in [1.82, 2.24) is 4.90 Å². The van der Waals surface area contributed by atoms with Crippen LogP contribution >= 0.6 is 0 Å². The number of aryl methyl sites for hydroxylation is 1. The summed E-state index contributed by atoms with van der Waals surface area (Å²) in [5.74, 6) is 0.499. The predicted molar refractivity (Wildman–Crippen MR) is 97.5 cm³/mol. The molecule has 6 heteroatoms. The highest BCUT2D eigenvalue weighted by Gasteiger charge is 2.21. The molecule has 138 valence electrons. The molecule has 0 unspecified atom stereocenters. The minimum Gasteiger partial charge on any atom is -0.497 e. The molecule has 0 aliphatic carbocycles. The van der Waals surface area contributed by atoms with Crippen molar-refractivity contribution in [2.45, 2.75) is 13.5 Å². The van der Waals surface area contributed by atoms with Crippen molar-refractivity contribution in [3.8, 4) is 11.5 Å². The molecule has 0 heterocycles. The largest absolute Gasteiger partial charge is 0.497 e. The number of benzene rings is 2. The van der Waals surface area contributed by atoms with Gasteiger partial charge in [0.05, 0.1) is 21.3 Å². The second kappa shape index (κ2) is 8.89. The quantitative estimate of drug-likeness (QED) is 0.713. The molecule has 0 radical (unpaired) electrons. The molecular formula is C20H23NO5. The van der Waals surface area contributed by atoms with E-state index in [1.807, 2.05) is 19.1 Å². The van der Waals surface area contributed by atoms with Gasteiger partial charge in [-0.3, -0.25) is 9.59 Å². The van der Waals surface area contributed by atoms with Crippen molar-refractivity contribution in [3.63, 3.8) is 0 Å². The summed E-state index contributed by atoms with van der Waals surface area (Å²) in [6.07, 6.45) is 0. The molecular weight excluding hydrogens is 334 g/mol. The van der Waals surface area contributed by atoms with Gasteiger partial charge in [0.2, 0.25) is 0 Å². The van der Waals surface area contributed by atoms with Crippen LogP contribution in [0.4, 0.5) is 0 Å². The van der Waals surface area contributed by atoms with E-state index in [2.05, 4.69) is 0 Å². The van der Waals surface area contributed by atoms with E-state index >= 15 is 0 Å². The number of amides is 1. The first-order valence-corrected chi connectivity index (χ1v) is 8.12. The molecule has 1 amide bonds. The van der Waals surface area contributed by atoms with Gasteiger partial charge < -0.3 is 19.1 Å². The van der Waals surface area contributed by atoms with Crippen molar-refractivity contribution in [1.29, 1.82) is 0 Å². The fourth-order valence-electron chi connectivity index (χ4n) is 2.58. The van der Waals surface area contributed by atoms with Gasteiger partial charge in [0.25, 0.3) is 5.91 Å². The first kappa shape index (κ1) is 19.3. The highest BCUT2D eigenvalue weighted by atomic mass is 16.5. The third kappa shape index (κ3) is 4.75. The number of methoxy groups -OCH3 is 3. The van der Waals surface area contributed by atoms with Gasteiger partial charge in [0.1, 0.15) is 18.0 Å².